The lowest BCUT2D eigenvalue weighted by atomic mass is 9.92. The van der Waals surface area contributed by atoms with Crippen molar-refractivity contribution in [1.82, 2.24) is 0 Å². The quantitative estimate of drug-likeness (QED) is 0.172. The maximum atomic E-state index is 9.09. The van der Waals surface area contributed by atoms with Crippen molar-refractivity contribution in [3.63, 3.8) is 0 Å². The van der Waals surface area contributed by atoms with E-state index in [1.54, 1.807) is 0 Å². The second-order valence-electron chi connectivity index (χ2n) is 9.72. The van der Waals surface area contributed by atoms with E-state index in [1.165, 1.54) is 21.7 Å². The summed E-state index contributed by atoms with van der Waals surface area (Å²) in [6, 6.07) is 46.1. The Bertz CT molecular complexity index is 2010. The standard InChI is InChI=1S/C37H27N/c1-26-8-5-6-13-35(26)38(32-11-3-2-4-12-32)33-23-15-27(16-24-33)14-17-28-18-19-31-21-20-29-9-7-10-30-22-25-34(28)37(31)36(29)30/h2-25H,1H3/b17-14+/i14D,17D. The predicted molar refractivity (Wildman–Crippen MR) is 165 cm³/mol. The molecule has 0 aromatic heterocycles. The molecule has 0 saturated carbocycles. The Labute approximate surface area is 226 Å². The molecule has 0 aliphatic carbocycles. The molecule has 0 aliphatic rings. The van der Waals surface area contributed by atoms with Gasteiger partial charge in [0.15, 0.2) is 0 Å². The topological polar surface area (TPSA) is 3.24 Å². The van der Waals surface area contributed by atoms with Crippen molar-refractivity contribution >= 4 is 61.5 Å². The molecule has 0 amide bonds. The van der Waals surface area contributed by atoms with Crippen LogP contribution < -0.4 is 4.90 Å². The number of hydrogen-bond donors (Lipinski definition) is 0. The van der Waals surface area contributed by atoms with Gasteiger partial charge in [-0.1, -0.05) is 115 Å². The molecule has 1 nitrogen and oxygen atoms in total. The first-order chi connectivity index (χ1) is 19.6. The largest absolute Gasteiger partial charge is 0.310 e. The Morgan fingerprint density at radius 1 is 0.526 bits per heavy atom. The summed E-state index contributed by atoms with van der Waals surface area (Å²) in [4.78, 5) is 2.23. The molecule has 0 heterocycles. The average Bonchev–Trinajstić information content (AvgIpc) is 3.01. The van der Waals surface area contributed by atoms with Crippen LogP contribution in [0.2, 0.25) is 0 Å². The fourth-order valence-corrected chi connectivity index (χ4v) is 5.50. The Morgan fingerprint density at radius 3 is 1.92 bits per heavy atom. The lowest BCUT2D eigenvalue weighted by molar-refractivity contribution is 1.25. The number of benzene rings is 7. The highest BCUT2D eigenvalue weighted by Crippen LogP contribution is 2.38. The molecule has 7 rings (SSSR count). The van der Waals surface area contributed by atoms with Crippen molar-refractivity contribution in [3.05, 3.63) is 150 Å². The normalized spacial score (nSPS) is 13.0. The first-order valence-electron chi connectivity index (χ1n) is 14.0. The van der Waals surface area contributed by atoms with E-state index in [-0.39, 0.29) is 12.1 Å². The smallest absolute Gasteiger partial charge is 0.0629 e. The third-order valence-electron chi connectivity index (χ3n) is 7.37. The van der Waals surface area contributed by atoms with Gasteiger partial charge in [0, 0.05) is 17.1 Å². The van der Waals surface area contributed by atoms with E-state index >= 15 is 0 Å². The summed E-state index contributed by atoms with van der Waals surface area (Å²) >= 11 is 0. The Kier molecular flexibility index (Phi) is 4.90. The molecule has 7 aromatic carbocycles. The van der Waals surface area contributed by atoms with E-state index in [9.17, 15) is 0 Å². The molecule has 7 aromatic rings. The summed E-state index contributed by atoms with van der Waals surface area (Å²) in [6.45, 7) is 2.12. The summed E-state index contributed by atoms with van der Waals surface area (Å²) in [5.41, 5.74) is 5.87. The molecular formula is C37H27N. The van der Waals surface area contributed by atoms with Gasteiger partial charge in [-0.05, 0) is 86.3 Å². The molecule has 0 radical (unpaired) electrons. The van der Waals surface area contributed by atoms with Gasteiger partial charge in [-0.25, -0.2) is 0 Å². The minimum Gasteiger partial charge on any atom is -0.310 e. The van der Waals surface area contributed by atoms with Gasteiger partial charge in [-0.15, -0.1) is 0 Å². The second kappa shape index (κ2) is 9.21. The van der Waals surface area contributed by atoms with E-state index in [1.807, 2.05) is 48.5 Å². The summed E-state index contributed by atoms with van der Waals surface area (Å²) < 4.78 is 18.1. The van der Waals surface area contributed by atoms with Gasteiger partial charge >= 0.3 is 0 Å². The van der Waals surface area contributed by atoms with E-state index in [0.717, 1.165) is 44.3 Å². The minimum atomic E-state index is 0.212. The van der Waals surface area contributed by atoms with E-state index < -0.39 is 0 Å². The van der Waals surface area contributed by atoms with Crippen molar-refractivity contribution in [2.24, 2.45) is 0 Å². The van der Waals surface area contributed by atoms with Crippen LogP contribution in [0.1, 0.15) is 19.4 Å². The van der Waals surface area contributed by atoms with Gasteiger partial charge in [0.05, 0.1) is 2.74 Å². The highest BCUT2D eigenvalue weighted by Gasteiger charge is 2.14. The van der Waals surface area contributed by atoms with Crippen LogP contribution in [0, 0.1) is 6.92 Å². The predicted octanol–water partition coefficient (Wildman–Crippen LogP) is 10.5. The number of rotatable bonds is 5. The third-order valence-corrected chi connectivity index (χ3v) is 7.37. The molecular weight excluding hydrogens is 458 g/mol. The summed E-state index contributed by atoms with van der Waals surface area (Å²) in [5, 5.41) is 6.95. The van der Waals surface area contributed by atoms with Crippen LogP contribution in [0.5, 0.6) is 0 Å². The number of nitrogens with zero attached hydrogens (tertiary/aromatic N) is 1. The van der Waals surface area contributed by atoms with Gasteiger partial charge in [-0.2, -0.15) is 0 Å². The van der Waals surface area contributed by atoms with Crippen LogP contribution in [0.25, 0.3) is 44.4 Å². The zero-order valence-electron chi connectivity index (χ0n) is 23.1. The van der Waals surface area contributed by atoms with Crippen molar-refractivity contribution in [2.45, 2.75) is 6.92 Å². The lowest BCUT2D eigenvalue weighted by Gasteiger charge is -2.27. The molecule has 0 spiro atoms. The molecule has 1 heteroatoms. The molecule has 38 heavy (non-hydrogen) atoms. The summed E-state index contributed by atoms with van der Waals surface area (Å²) in [6.07, 6.45) is 0. The second-order valence-corrected chi connectivity index (χ2v) is 9.72. The lowest BCUT2D eigenvalue weighted by Crippen LogP contribution is -2.11. The van der Waals surface area contributed by atoms with Crippen molar-refractivity contribution in [3.8, 4) is 0 Å². The fourth-order valence-electron chi connectivity index (χ4n) is 5.50. The van der Waals surface area contributed by atoms with E-state index in [2.05, 4.69) is 96.8 Å². The van der Waals surface area contributed by atoms with Crippen LogP contribution in [-0.4, -0.2) is 0 Å². The Morgan fingerprint density at radius 2 is 1.16 bits per heavy atom. The van der Waals surface area contributed by atoms with Crippen molar-refractivity contribution in [2.75, 3.05) is 4.90 Å². The van der Waals surface area contributed by atoms with Gasteiger partial charge in [0.2, 0.25) is 0 Å². The molecule has 0 unspecified atom stereocenters. The zero-order chi connectivity index (χ0) is 27.2. The van der Waals surface area contributed by atoms with Gasteiger partial charge in [0.1, 0.15) is 0 Å². The monoisotopic (exact) mass is 487 g/mol. The molecule has 0 fully saturated rings. The molecule has 0 atom stereocenters. The van der Waals surface area contributed by atoms with Gasteiger partial charge in [0.25, 0.3) is 0 Å². The van der Waals surface area contributed by atoms with Crippen LogP contribution in [0.4, 0.5) is 17.1 Å². The number of hydrogen-bond acceptors (Lipinski definition) is 1. The number of anilines is 3. The molecule has 0 bridgehead atoms. The maximum Gasteiger partial charge on any atom is 0.0629 e. The van der Waals surface area contributed by atoms with Gasteiger partial charge in [-0.3, -0.25) is 0 Å². The number of para-hydroxylation sites is 2. The average molecular weight is 488 g/mol. The molecule has 0 saturated heterocycles. The maximum absolute atomic E-state index is 9.09. The Balaban J connectivity index is 1.32. The Hall–Kier alpha value is -4.88. The zero-order valence-corrected chi connectivity index (χ0v) is 21.1. The highest BCUT2D eigenvalue weighted by atomic mass is 15.1. The van der Waals surface area contributed by atoms with Crippen LogP contribution in [0.15, 0.2) is 133 Å². The first-order valence-corrected chi connectivity index (χ1v) is 13.0. The highest BCUT2D eigenvalue weighted by molar-refractivity contribution is 6.24. The van der Waals surface area contributed by atoms with Crippen molar-refractivity contribution < 1.29 is 2.74 Å². The fraction of sp³-hybridized carbons (Fsp3) is 0.0270. The summed E-state index contributed by atoms with van der Waals surface area (Å²) in [7, 11) is 0. The third kappa shape index (κ3) is 3.81. The van der Waals surface area contributed by atoms with Crippen LogP contribution in [0.3, 0.4) is 0 Å². The molecule has 180 valence electrons. The molecule has 0 aliphatic heterocycles. The van der Waals surface area contributed by atoms with E-state index in [4.69, 9.17) is 2.74 Å². The first kappa shape index (κ1) is 20.2. The summed E-state index contributed by atoms with van der Waals surface area (Å²) in [5.74, 6) is 0. The van der Waals surface area contributed by atoms with E-state index in [0.29, 0.717) is 0 Å². The van der Waals surface area contributed by atoms with Crippen molar-refractivity contribution in [1.29, 1.82) is 0 Å². The number of aryl methyl sites for hydroxylation is 1. The van der Waals surface area contributed by atoms with Gasteiger partial charge < -0.3 is 4.90 Å². The molecule has 0 N–H and O–H groups in total. The SMILES string of the molecule is [2H]/C(=C(/[2H])c1ccc2ccc3cccc4ccc1c2c34)c1ccc(N(c2ccccc2)c2ccccc2C)cc1. The van der Waals surface area contributed by atoms with Crippen LogP contribution >= 0.6 is 0 Å². The van der Waals surface area contributed by atoms with Crippen LogP contribution in [-0.2, 0) is 0 Å². The minimum absolute atomic E-state index is 0.212.